The van der Waals surface area contributed by atoms with E-state index in [0.717, 1.165) is 21.9 Å². The fraction of sp³-hybridized carbons (Fsp3) is 0.200. The van der Waals surface area contributed by atoms with Gasteiger partial charge in [-0.15, -0.1) is 11.3 Å². The normalized spacial score (nSPS) is 13.7. The summed E-state index contributed by atoms with van der Waals surface area (Å²) < 4.78 is 5.10. The summed E-state index contributed by atoms with van der Waals surface area (Å²) in [5.74, 6) is 0.778. The van der Waals surface area contributed by atoms with Crippen LogP contribution in [0.1, 0.15) is 16.1 Å². The quantitative estimate of drug-likeness (QED) is 0.883. The third kappa shape index (κ3) is 2.90. The van der Waals surface area contributed by atoms with Crippen LogP contribution >= 0.6 is 11.3 Å². The summed E-state index contributed by atoms with van der Waals surface area (Å²) in [7, 11) is 1.63. The van der Waals surface area contributed by atoms with Gasteiger partial charge in [0.2, 0.25) is 5.91 Å². The van der Waals surface area contributed by atoms with Crippen LogP contribution in [0.4, 0.5) is 5.13 Å². The second-order valence-electron chi connectivity index (χ2n) is 4.72. The number of aromatic nitrogens is 1. The largest absolute Gasteiger partial charge is 0.497 e. The first-order chi connectivity index (χ1) is 10.2. The van der Waals surface area contributed by atoms with E-state index in [1.165, 1.54) is 11.3 Å². The molecule has 0 spiro atoms. The summed E-state index contributed by atoms with van der Waals surface area (Å²) in [4.78, 5) is 19.2. The van der Waals surface area contributed by atoms with Crippen LogP contribution in [0.5, 0.6) is 5.75 Å². The Morgan fingerprint density at radius 1 is 1.38 bits per heavy atom. The van der Waals surface area contributed by atoms with Crippen molar-refractivity contribution in [2.24, 2.45) is 0 Å². The number of ether oxygens (including phenoxy) is 1. The molecule has 1 aromatic carbocycles. The van der Waals surface area contributed by atoms with E-state index in [4.69, 9.17) is 10.5 Å². The van der Waals surface area contributed by atoms with Crippen LogP contribution in [0.2, 0.25) is 0 Å². The van der Waals surface area contributed by atoms with Crippen molar-refractivity contribution >= 4 is 28.5 Å². The Morgan fingerprint density at radius 2 is 2.14 bits per heavy atom. The third-order valence-corrected chi connectivity index (χ3v) is 4.23. The minimum Gasteiger partial charge on any atom is -0.497 e. The molecule has 2 heterocycles. The van der Waals surface area contributed by atoms with E-state index < -0.39 is 0 Å². The van der Waals surface area contributed by atoms with E-state index in [1.54, 1.807) is 24.2 Å². The maximum atomic E-state index is 12.2. The zero-order valence-corrected chi connectivity index (χ0v) is 12.4. The van der Waals surface area contributed by atoms with Gasteiger partial charge in [-0.25, -0.2) is 4.98 Å². The fourth-order valence-corrected chi connectivity index (χ4v) is 3.06. The Balaban J connectivity index is 1.64. The number of thiazole rings is 1. The van der Waals surface area contributed by atoms with Crippen molar-refractivity contribution in [3.05, 3.63) is 46.5 Å². The van der Waals surface area contributed by atoms with Gasteiger partial charge in [0.15, 0.2) is 5.13 Å². The summed E-state index contributed by atoms with van der Waals surface area (Å²) in [6.07, 6.45) is 3.39. The van der Waals surface area contributed by atoms with E-state index >= 15 is 0 Å². The fourth-order valence-electron chi connectivity index (χ4n) is 2.20. The monoisotopic (exact) mass is 301 g/mol. The van der Waals surface area contributed by atoms with Gasteiger partial charge in [-0.1, -0.05) is 12.1 Å². The first-order valence-corrected chi connectivity index (χ1v) is 7.32. The number of benzene rings is 1. The zero-order valence-electron chi connectivity index (χ0n) is 11.6. The summed E-state index contributed by atoms with van der Waals surface area (Å²) in [5, 5.41) is 0.570. The minimum atomic E-state index is -0.0189. The molecule has 0 aliphatic carbocycles. The van der Waals surface area contributed by atoms with Crippen LogP contribution in [0, 0.1) is 0 Å². The molecular formula is C15H15N3O2S. The molecule has 2 aromatic rings. The van der Waals surface area contributed by atoms with Crippen LogP contribution < -0.4 is 10.5 Å². The lowest BCUT2D eigenvalue weighted by Gasteiger charge is -2.12. The van der Waals surface area contributed by atoms with Gasteiger partial charge in [-0.3, -0.25) is 4.79 Å². The molecule has 0 saturated carbocycles. The molecule has 0 radical (unpaired) electrons. The van der Waals surface area contributed by atoms with Gasteiger partial charge in [-0.05, 0) is 23.8 Å². The first kappa shape index (κ1) is 13.6. The highest BCUT2D eigenvalue weighted by Gasteiger charge is 2.25. The van der Waals surface area contributed by atoms with Gasteiger partial charge < -0.3 is 15.4 Å². The smallest absolute Gasteiger partial charge is 0.247 e. The lowest BCUT2D eigenvalue weighted by atomic mass is 10.2. The van der Waals surface area contributed by atoms with Gasteiger partial charge in [0, 0.05) is 6.08 Å². The summed E-state index contributed by atoms with van der Waals surface area (Å²) >= 11 is 1.45. The van der Waals surface area contributed by atoms with Crippen molar-refractivity contribution in [1.82, 2.24) is 9.88 Å². The predicted molar refractivity (Wildman–Crippen MR) is 82.8 cm³/mol. The molecular weight excluding hydrogens is 286 g/mol. The molecule has 0 fully saturated rings. The topological polar surface area (TPSA) is 68.5 Å². The van der Waals surface area contributed by atoms with Crippen molar-refractivity contribution in [1.29, 1.82) is 0 Å². The number of amides is 1. The Bertz CT molecular complexity index is 668. The average Bonchev–Trinajstić information content (AvgIpc) is 3.02. The van der Waals surface area contributed by atoms with Crippen LogP contribution in [0.25, 0.3) is 6.08 Å². The number of carbonyl (C=O) groups excluding carboxylic acids is 1. The second-order valence-corrected chi connectivity index (χ2v) is 5.84. The molecule has 2 N–H and O–H groups in total. The van der Waals surface area contributed by atoms with E-state index in [1.807, 2.05) is 24.3 Å². The summed E-state index contributed by atoms with van der Waals surface area (Å²) in [6, 6.07) is 7.55. The maximum absolute atomic E-state index is 12.2. The molecule has 1 aliphatic heterocycles. The summed E-state index contributed by atoms with van der Waals surface area (Å²) in [6.45, 7) is 1.13. The van der Waals surface area contributed by atoms with Gasteiger partial charge >= 0.3 is 0 Å². The number of nitrogens with zero attached hydrogens (tertiary/aromatic N) is 2. The van der Waals surface area contributed by atoms with E-state index in [2.05, 4.69) is 4.98 Å². The molecule has 1 aliphatic rings. The zero-order chi connectivity index (χ0) is 14.8. The van der Waals surface area contributed by atoms with Crippen molar-refractivity contribution in [2.45, 2.75) is 13.1 Å². The van der Waals surface area contributed by atoms with Crippen molar-refractivity contribution < 1.29 is 9.53 Å². The van der Waals surface area contributed by atoms with Crippen LogP contribution in [0.15, 0.2) is 30.3 Å². The molecule has 6 heteroatoms. The van der Waals surface area contributed by atoms with E-state index in [9.17, 15) is 4.79 Å². The number of carbonyl (C=O) groups is 1. The SMILES string of the molecule is COc1ccc(/C=C/C(=O)N2Cc3nc(N)sc3C2)cc1. The highest BCUT2D eigenvalue weighted by molar-refractivity contribution is 7.15. The number of fused-ring (bicyclic) bond motifs is 1. The molecule has 3 rings (SSSR count). The number of hydrogen-bond donors (Lipinski definition) is 1. The Kier molecular flexibility index (Phi) is 3.62. The summed E-state index contributed by atoms with van der Waals surface area (Å²) in [5.41, 5.74) is 7.53. The van der Waals surface area contributed by atoms with E-state index in [0.29, 0.717) is 18.2 Å². The van der Waals surface area contributed by atoms with E-state index in [-0.39, 0.29) is 5.91 Å². The minimum absolute atomic E-state index is 0.0189. The molecule has 21 heavy (non-hydrogen) atoms. The lowest BCUT2D eigenvalue weighted by Crippen LogP contribution is -2.23. The highest BCUT2D eigenvalue weighted by Crippen LogP contribution is 2.29. The maximum Gasteiger partial charge on any atom is 0.247 e. The Labute approximate surface area is 126 Å². The number of rotatable bonds is 3. The van der Waals surface area contributed by atoms with Crippen molar-refractivity contribution in [3.63, 3.8) is 0 Å². The molecule has 1 aromatic heterocycles. The Hall–Kier alpha value is -2.34. The standard InChI is InChI=1S/C15H15N3O2S/c1-20-11-5-2-10(3-6-11)4-7-14(19)18-8-12-13(9-18)21-15(16)17-12/h2-7H,8-9H2,1H3,(H2,16,17)/b7-4+. The van der Waals surface area contributed by atoms with Crippen molar-refractivity contribution in [3.8, 4) is 5.75 Å². The number of nitrogens with two attached hydrogens (primary N) is 1. The van der Waals surface area contributed by atoms with Crippen LogP contribution in [0.3, 0.4) is 0 Å². The number of anilines is 1. The first-order valence-electron chi connectivity index (χ1n) is 6.51. The van der Waals surface area contributed by atoms with Crippen LogP contribution in [-0.2, 0) is 17.9 Å². The molecule has 0 unspecified atom stereocenters. The number of methoxy groups -OCH3 is 1. The van der Waals surface area contributed by atoms with Crippen molar-refractivity contribution in [2.75, 3.05) is 12.8 Å². The molecule has 108 valence electrons. The molecule has 0 saturated heterocycles. The van der Waals surface area contributed by atoms with Gasteiger partial charge in [0.25, 0.3) is 0 Å². The third-order valence-electron chi connectivity index (χ3n) is 3.32. The number of nitrogen functional groups attached to an aromatic ring is 1. The van der Waals surface area contributed by atoms with Crippen LogP contribution in [-0.4, -0.2) is 22.9 Å². The van der Waals surface area contributed by atoms with Gasteiger partial charge in [0.05, 0.1) is 30.8 Å². The predicted octanol–water partition coefficient (Wildman–Crippen LogP) is 2.29. The molecule has 1 amide bonds. The Morgan fingerprint density at radius 3 is 2.81 bits per heavy atom. The lowest BCUT2D eigenvalue weighted by molar-refractivity contribution is -0.126. The molecule has 0 bridgehead atoms. The van der Waals surface area contributed by atoms with Gasteiger partial charge in [0.1, 0.15) is 5.75 Å². The average molecular weight is 301 g/mol. The highest BCUT2D eigenvalue weighted by atomic mass is 32.1. The second kappa shape index (κ2) is 5.57. The number of hydrogen-bond acceptors (Lipinski definition) is 5. The molecule has 5 nitrogen and oxygen atoms in total. The molecule has 0 atom stereocenters. The van der Waals surface area contributed by atoms with Gasteiger partial charge in [-0.2, -0.15) is 0 Å².